The molecule has 1 aliphatic heterocycles. The molecule has 0 amide bonds. The lowest BCUT2D eigenvalue weighted by Gasteiger charge is -2.28. The number of aromatic nitrogens is 6. The topological polar surface area (TPSA) is 72.6 Å². The molecule has 122 valence electrons. The van der Waals surface area contributed by atoms with Gasteiger partial charge in [-0.3, -0.25) is 4.98 Å². The van der Waals surface area contributed by atoms with Crippen molar-refractivity contribution in [2.45, 2.75) is 13.1 Å². The molecule has 25 heavy (non-hydrogen) atoms. The van der Waals surface area contributed by atoms with Gasteiger partial charge in [-0.15, -0.1) is 10.2 Å². The summed E-state index contributed by atoms with van der Waals surface area (Å²) in [6.07, 6.45) is 3.34. The van der Waals surface area contributed by atoms with Gasteiger partial charge in [0, 0.05) is 31.0 Å². The van der Waals surface area contributed by atoms with Gasteiger partial charge in [0.15, 0.2) is 17.3 Å². The molecule has 1 aliphatic rings. The largest absolute Gasteiger partial charge is 0.347 e. The Morgan fingerprint density at radius 2 is 1.72 bits per heavy atom. The van der Waals surface area contributed by atoms with Crippen LogP contribution in [-0.4, -0.2) is 36.3 Å². The van der Waals surface area contributed by atoms with Gasteiger partial charge >= 0.3 is 0 Å². The van der Waals surface area contributed by atoms with Crippen LogP contribution in [-0.2, 0) is 13.1 Å². The van der Waals surface area contributed by atoms with Crippen molar-refractivity contribution in [3.63, 3.8) is 0 Å². The second-order valence-electron chi connectivity index (χ2n) is 5.95. The first kappa shape index (κ1) is 14.0. The third kappa shape index (κ3) is 2.40. The molecule has 0 spiro atoms. The van der Waals surface area contributed by atoms with Crippen LogP contribution in [0.2, 0.25) is 0 Å². The Morgan fingerprint density at radius 3 is 2.64 bits per heavy atom. The Kier molecular flexibility index (Phi) is 3.16. The van der Waals surface area contributed by atoms with E-state index in [4.69, 9.17) is 0 Å². The maximum Gasteiger partial charge on any atom is 0.180 e. The van der Waals surface area contributed by atoms with Gasteiger partial charge in [-0.1, -0.05) is 30.3 Å². The second-order valence-corrected chi connectivity index (χ2v) is 5.95. The van der Waals surface area contributed by atoms with E-state index >= 15 is 0 Å². The van der Waals surface area contributed by atoms with E-state index in [1.165, 1.54) is 0 Å². The molecule has 3 aromatic heterocycles. The van der Waals surface area contributed by atoms with E-state index in [0.29, 0.717) is 12.2 Å². The molecule has 0 saturated heterocycles. The Hall–Kier alpha value is -3.35. The van der Waals surface area contributed by atoms with Crippen molar-refractivity contribution in [3.05, 3.63) is 60.7 Å². The molecule has 0 unspecified atom stereocenters. The van der Waals surface area contributed by atoms with Gasteiger partial charge in [0.05, 0.1) is 6.54 Å². The minimum Gasteiger partial charge on any atom is -0.347 e. The van der Waals surface area contributed by atoms with E-state index in [1.807, 2.05) is 30.3 Å². The van der Waals surface area contributed by atoms with E-state index < -0.39 is 0 Å². The molecule has 0 saturated carbocycles. The number of rotatable bonds is 2. The van der Waals surface area contributed by atoms with Crippen LogP contribution in [0.15, 0.2) is 54.9 Å². The standard InChI is InChI=1S/C18H15N7/c1-2-4-13(5-3-1)18-23-22-16-12-24(10-11-25(16)18)15-7-6-14-17(21-15)20-9-8-19-14/h1-9H,10-12H2. The quantitative estimate of drug-likeness (QED) is 0.562. The zero-order valence-corrected chi connectivity index (χ0v) is 13.4. The predicted molar refractivity (Wildman–Crippen MR) is 93.8 cm³/mol. The molecule has 0 fully saturated rings. The fourth-order valence-corrected chi connectivity index (χ4v) is 3.17. The van der Waals surface area contributed by atoms with Gasteiger partial charge in [0.25, 0.3) is 0 Å². The number of pyridine rings is 1. The Bertz CT molecular complexity index is 1040. The van der Waals surface area contributed by atoms with Crippen molar-refractivity contribution >= 4 is 17.0 Å². The van der Waals surface area contributed by atoms with Crippen LogP contribution in [0, 0.1) is 0 Å². The summed E-state index contributed by atoms with van der Waals surface area (Å²) < 4.78 is 2.19. The average molecular weight is 329 g/mol. The van der Waals surface area contributed by atoms with Crippen molar-refractivity contribution < 1.29 is 0 Å². The minimum atomic E-state index is 0.664. The summed E-state index contributed by atoms with van der Waals surface area (Å²) in [6, 6.07) is 14.1. The fraction of sp³-hybridized carbons (Fsp3) is 0.167. The number of fused-ring (bicyclic) bond motifs is 2. The molecule has 7 heteroatoms. The summed E-state index contributed by atoms with van der Waals surface area (Å²) in [5.74, 6) is 2.77. The van der Waals surface area contributed by atoms with Crippen molar-refractivity contribution in [2.75, 3.05) is 11.4 Å². The number of anilines is 1. The summed E-state index contributed by atoms with van der Waals surface area (Å²) in [6.45, 7) is 2.36. The first-order chi connectivity index (χ1) is 12.4. The fourth-order valence-electron chi connectivity index (χ4n) is 3.17. The summed E-state index contributed by atoms with van der Waals surface area (Å²) in [5.41, 5.74) is 2.56. The first-order valence-electron chi connectivity index (χ1n) is 8.19. The number of benzene rings is 1. The number of nitrogens with zero attached hydrogens (tertiary/aromatic N) is 7. The van der Waals surface area contributed by atoms with Gasteiger partial charge < -0.3 is 9.47 Å². The molecule has 0 aliphatic carbocycles. The molecule has 0 atom stereocenters. The lowest BCUT2D eigenvalue weighted by molar-refractivity contribution is 0.560. The van der Waals surface area contributed by atoms with E-state index in [0.717, 1.165) is 41.6 Å². The molecular weight excluding hydrogens is 314 g/mol. The SMILES string of the molecule is c1ccc(-c2nnc3n2CCN(c2ccc4nccnc4n2)C3)cc1. The first-order valence-corrected chi connectivity index (χ1v) is 8.19. The van der Waals surface area contributed by atoms with Crippen molar-refractivity contribution in [2.24, 2.45) is 0 Å². The summed E-state index contributed by atoms with van der Waals surface area (Å²) in [7, 11) is 0. The Morgan fingerprint density at radius 1 is 0.840 bits per heavy atom. The highest BCUT2D eigenvalue weighted by Gasteiger charge is 2.22. The van der Waals surface area contributed by atoms with Crippen LogP contribution >= 0.6 is 0 Å². The lowest BCUT2D eigenvalue weighted by Crippen LogP contribution is -2.34. The maximum absolute atomic E-state index is 4.63. The minimum absolute atomic E-state index is 0.664. The lowest BCUT2D eigenvalue weighted by atomic mass is 10.2. The van der Waals surface area contributed by atoms with Crippen LogP contribution in [0.5, 0.6) is 0 Å². The molecule has 4 aromatic rings. The van der Waals surface area contributed by atoms with Crippen molar-refractivity contribution in [3.8, 4) is 11.4 Å². The van der Waals surface area contributed by atoms with Gasteiger partial charge in [0.2, 0.25) is 0 Å². The molecule has 4 heterocycles. The van der Waals surface area contributed by atoms with Gasteiger partial charge in [-0.05, 0) is 12.1 Å². The predicted octanol–water partition coefficient (Wildman–Crippen LogP) is 2.30. The molecule has 0 radical (unpaired) electrons. The maximum atomic E-state index is 4.63. The zero-order valence-electron chi connectivity index (χ0n) is 13.4. The molecule has 0 bridgehead atoms. The van der Waals surface area contributed by atoms with Crippen LogP contribution in [0.4, 0.5) is 5.82 Å². The highest BCUT2D eigenvalue weighted by Crippen LogP contribution is 2.24. The van der Waals surface area contributed by atoms with Crippen molar-refractivity contribution in [1.29, 1.82) is 0 Å². The third-order valence-corrected chi connectivity index (χ3v) is 4.43. The van der Waals surface area contributed by atoms with Gasteiger partial charge in [0.1, 0.15) is 11.3 Å². The average Bonchev–Trinajstić information content (AvgIpc) is 3.11. The molecule has 7 nitrogen and oxygen atoms in total. The smallest absolute Gasteiger partial charge is 0.180 e. The van der Waals surface area contributed by atoms with Gasteiger partial charge in [-0.25, -0.2) is 9.97 Å². The number of hydrogen-bond donors (Lipinski definition) is 0. The van der Waals surface area contributed by atoms with Gasteiger partial charge in [-0.2, -0.15) is 0 Å². The molecule has 5 rings (SSSR count). The van der Waals surface area contributed by atoms with Crippen LogP contribution in [0.25, 0.3) is 22.6 Å². The molecular formula is C18H15N7. The van der Waals surface area contributed by atoms with E-state index in [2.05, 4.69) is 46.7 Å². The molecule has 0 N–H and O–H groups in total. The van der Waals surface area contributed by atoms with Crippen LogP contribution < -0.4 is 4.90 Å². The Balaban J connectivity index is 1.47. The zero-order chi connectivity index (χ0) is 16.6. The summed E-state index contributed by atoms with van der Waals surface area (Å²) >= 11 is 0. The third-order valence-electron chi connectivity index (χ3n) is 4.43. The van der Waals surface area contributed by atoms with E-state index in [1.54, 1.807) is 12.4 Å². The highest BCUT2D eigenvalue weighted by atomic mass is 15.3. The van der Waals surface area contributed by atoms with Crippen LogP contribution in [0.1, 0.15) is 5.82 Å². The van der Waals surface area contributed by atoms with Crippen molar-refractivity contribution in [1.82, 2.24) is 29.7 Å². The summed E-state index contributed by atoms with van der Waals surface area (Å²) in [5, 5.41) is 8.78. The van der Waals surface area contributed by atoms with Crippen LogP contribution in [0.3, 0.4) is 0 Å². The normalized spacial score (nSPS) is 13.8. The Labute approximate surface area is 144 Å². The van der Waals surface area contributed by atoms with E-state index in [-0.39, 0.29) is 0 Å². The highest BCUT2D eigenvalue weighted by molar-refractivity contribution is 5.71. The summed E-state index contributed by atoms with van der Waals surface area (Å²) in [4.78, 5) is 15.4. The molecule has 1 aromatic carbocycles. The number of hydrogen-bond acceptors (Lipinski definition) is 6. The van der Waals surface area contributed by atoms with E-state index in [9.17, 15) is 0 Å². The second kappa shape index (κ2) is 5.62. The monoisotopic (exact) mass is 329 g/mol.